The maximum absolute atomic E-state index is 9.81. The van der Waals surface area contributed by atoms with Crippen molar-refractivity contribution in [3.63, 3.8) is 0 Å². The topological polar surface area (TPSA) is 20.2 Å². The van der Waals surface area contributed by atoms with Gasteiger partial charge < -0.3 is 5.11 Å². The summed E-state index contributed by atoms with van der Waals surface area (Å²) in [6.45, 7) is 10.7. The largest absolute Gasteiger partial charge is 0.393 e. The van der Waals surface area contributed by atoms with Crippen LogP contribution in [0, 0.1) is 5.92 Å². The van der Waals surface area contributed by atoms with Gasteiger partial charge in [0.15, 0.2) is 0 Å². The van der Waals surface area contributed by atoms with E-state index in [4.69, 9.17) is 0 Å². The molecule has 1 nitrogen and oxygen atoms in total. The number of rotatable bonds is 3. The summed E-state index contributed by atoms with van der Waals surface area (Å²) in [7, 11) is 0. The summed E-state index contributed by atoms with van der Waals surface area (Å²) in [6.07, 6.45) is 0.516. The second kappa shape index (κ2) is 5.01. The standard InChI is InChI=1S/C15H24O/c1-11(2)14(16)10-12-6-8-13(9-7-12)15(3,4)5/h6-9,11,14,16H,10H2,1-5H3. The third kappa shape index (κ3) is 3.64. The van der Waals surface area contributed by atoms with Crippen molar-refractivity contribution in [2.45, 2.75) is 52.6 Å². The Bertz CT molecular complexity index is 316. The van der Waals surface area contributed by atoms with Crippen LogP contribution in [0.25, 0.3) is 0 Å². The van der Waals surface area contributed by atoms with Crippen LogP contribution in [0.2, 0.25) is 0 Å². The highest BCUT2D eigenvalue weighted by molar-refractivity contribution is 5.27. The molecule has 0 bridgehead atoms. The minimum Gasteiger partial charge on any atom is -0.393 e. The van der Waals surface area contributed by atoms with Gasteiger partial charge in [0.25, 0.3) is 0 Å². The van der Waals surface area contributed by atoms with Gasteiger partial charge in [-0.25, -0.2) is 0 Å². The smallest absolute Gasteiger partial charge is 0.0603 e. The van der Waals surface area contributed by atoms with Crippen LogP contribution in [0.15, 0.2) is 24.3 Å². The summed E-state index contributed by atoms with van der Waals surface area (Å²) in [5.41, 5.74) is 2.76. The Hall–Kier alpha value is -0.820. The highest BCUT2D eigenvalue weighted by Crippen LogP contribution is 2.22. The lowest BCUT2D eigenvalue weighted by Crippen LogP contribution is -2.17. The average molecular weight is 220 g/mol. The third-order valence-electron chi connectivity index (χ3n) is 3.03. The lowest BCUT2D eigenvalue weighted by Gasteiger charge is -2.20. The van der Waals surface area contributed by atoms with E-state index in [1.54, 1.807) is 0 Å². The van der Waals surface area contributed by atoms with Crippen molar-refractivity contribution in [1.29, 1.82) is 0 Å². The molecule has 0 amide bonds. The maximum atomic E-state index is 9.81. The molecule has 0 aliphatic heterocycles. The van der Waals surface area contributed by atoms with Gasteiger partial charge in [0.2, 0.25) is 0 Å². The molecule has 1 atom stereocenters. The first-order chi connectivity index (χ1) is 7.30. The van der Waals surface area contributed by atoms with Crippen LogP contribution >= 0.6 is 0 Å². The summed E-state index contributed by atoms with van der Waals surface area (Å²) >= 11 is 0. The van der Waals surface area contributed by atoms with Crippen molar-refractivity contribution >= 4 is 0 Å². The van der Waals surface area contributed by atoms with E-state index < -0.39 is 0 Å². The molecule has 0 aromatic heterocycles. The van der Waals surface area contributed by atoms with Crippen LogP contribution < -0.4 is 0 Å². The van der Waals surface area contributed by atoms with Gasteiger partial charge in [0, 0.05) is 0 Å². The number of benzene rings is 1. The van der Waals surface area contributed by atoms with Crippen LogP contribution in [0.3, 0.4) is 0 Å². The fourth-order valence-corrected chi connectivity index (χ4v) is 1.62. The number of hydrogen-bond donors (Lipinski definition) is 1. The summed E-state index contributed by atoms with van der Waals surface area (Å²) in [4.78, 5) is 0. The highest BCUT2D eigenvalue weighted by atomic mass is 16.3. The SMILES string of the molecule is CC(C)C(O)Cc1ccc(C(C)(C)C)cc1. The zero-order valence-electron chi connectivity index (χ0n) is 11.1. The van der Waals surface area contributed by atoms with Gasteiger partial charge in [-0.1, -0.05) is 58.9 Å². The molecular formula is C15H24O. The van der Waals surface area contributed by atoms with Crippen molar-refractivity contribution in [1.82, 2.24) is 0 Å². The monoisotopic (exact) mass is 220 g/mol. The lowest BCUT2D eigenvalue weighted by atomic mass is 9.86. The van der Waals surface area contributed by atoms with Crippen molar-refractivity contribution in [3.05, 3.63) is 35.4 Å². The van der Waals surface area contributed by atoms with E-state index >= 15 is 0 Å². The van der Waals surface area contributed by atoms with E-state index in [1.807, 2.05) is 13.8 Å². The third-order valence-corrected chi connectivity index (χ3v) is 3.03. The second-order valence-electron chi connectivity index (χ2n) is 5.96. The van der Waals surface area contributed by atoms with E-state index in [2.05, 4.69) is 45.0 Å². The fourth-order valence-electron chi connectivity index (χ4n) is 1.62. The summed E-state index contributed by atoms with van der Waals surface area (Å²) in [6, 6.07) is 8.60. The van der Waals surface area contributed by atoms with Crippen molar-refractivity contribution < 1.29 is 5.11 Å². The van der Waals surface area contributed by atoms with Crippen LogP contribution in [0.4, 0.5) is 0 Å². The van der Waals surface area contributed by atoms with Crippen LogP contribution in [0.5, 0.6) is 0 Å². The normalized spacial score (nSPS) is 14.2. The molecule has 90 valence electrons. The summed E-state index contributed by atoms with van der Waals surface area (Å²) in [5, 5.41) is 9.81. The Balaban J connectivity index is 2.72. The lowest BCUT2D eigenvalue weighted by molar-refractivity contribution is 0.125. The minimum absolute atomic E-state index is 0.204. The van der Waals surface area contributed by atoms with Gasteiger partial charge in [0.05, 0.1) is 6.10 Å². The molecule has 0 saturated carbocycles. The first kappa shape index (κ1) is 13.2. The molecule has 1 heteroatoms. The predicted molar refractivity (Wildman–Crippen MR) is 69.7 cm³/mol. The molecule has 0 fully saturated rings. The molecule has 0 saturated heterocycles. The molecule has 0 radical (unpaired) electrons. The molecule has 16 heavy (non-hydrogen) atoms. The zero-order chi connectivity index (χ0) is 12.3. The van der Waals surface area contributed by atoms with Crippen LogP contribution in [-0.2, 0) is 11.8 Å². The van der Waals surface area contributed by atoms with Crippen molar-refractivity contribution in [2.24, 2.45) is 5.92 Å². The van der Waals surface area contributed by atoms with Gasteiger partial charge in [-0.05, 0) is 28.9 Å². The van der Waals surface area contributed by atoms with E-state index in [9.17, 15) is 5.11 Å². The molecule has 0 aliphatic carbocycles. The highest BCUT2D eigenvalue weighted by Gasteiger charge is 2.14. The average Bonchev–Trinajstić information content (AvgIpc) is 2.17. The van der Waals surface area contributed by atoms with Gasteiger partial charge in [-0.3, -0.25) is 0 Å². The van der Waals surface area contributed by atoms with Crippen LogP contribution in [0.1, 0.15) is 45.7 Å². The number of hydrogen-bond acceptors (Lipinski definition) is 1. The molecule has 0 heterocycles. The Labute approximate surface area is 99.5 Å². The molecule has 1 aromatic rings. The molecule has 0 aliphatic rings. The second-order valence-corrected chi connectivity index (χ2v) is 5.96. The molecule has 1 unspecified atom stereocenters. The molecule has 0 spiro atoms. The van der Waals surface area contributed by atoms with Gasteiger partial charge in [0.1, 0.15) is 0 Å². The van der Waals surface area contributed by atoms with E-state index in [1.165, 1.54) is 11.1 Å². The number of aliphatic hydroxyl groups is 1. The molecule has 1 aromatic carbocycles. The quantitative estimate of drug-likeness (QED) is 0.826. The zero-order valence-corrected chi connectivity index (χ0v) is 11.1. The van der Waals surface area contributed by atoms with Crippen molar-refractivity contribution in [3.8, 4) is 0 Å². The Kier molecular flexibility index (Phi) is 4.15. The predicted octanol–water partition coefficient (Wildman–Crippen LogP) is 3.54. The Morgan fingerprint density at radius 1 is 1.06 bits per heavy atom. The molecule has 1 N–H and O–H groups in total. The van der Waals surface area contributed by atoms with E-state index in [0.717, 1.165) is 6.42 Å². The Morgan fingerprint density at radius 3 is 1.94 bits per heavy atom. The molecular weight excluding hydrogens is 196 g/mol. The van der Waals surface area contributed by atoms with Gasteiger partial charge in [-0.15, -0.1) is 0 Å². The minimum atomic E-state index is -0.236. The van der Waals surface area contributed by atoms with E-state index in [0.29, 0.717) is 5.92 Å². The number of aliphatic hydroxyl groups excluding tert-OH is 1. The van der Waals surface area contributed by atoms with Gasteiger partial charge in [-0.2, -0.15) is 0 Å². The van der Waals surface area contributed by atoms with E-state index in [-0.39, 0.29) is 11.5 Å². The Morgan fingerprint density at radius 2 is 1.56 bits per heavy atom. The first-order valence-electron chi connectivity index (χ1n) is 6.08. The van der Waals surface area contributed by atoms with Gasteiger partial charge >= 0.3 is 0 Å². The maximum Gasteiger partial charge on any atom is 0.0603 e. The first-order valence-corrected chi connectivity index (χ1v) is 6.08. The van der Waals surface area contributed by atoms with Crippen LogP contribution in [-0.4, -0.2) is 11.2 Å². The summed E-state index contributed by atoms with van der Waals surface area (Å²) in [5.74, 6) is 0.322. The van der Waals surface area contributed by atoms with Crippen molar-refractivity contribution in [2.75, 3.05) is 0 Å². The molecule has 1 rings (SSSR count). The fraction of sp³-hybridized carbons (Fsp3) is 0.600. The summed E-state index contributed by atoms with van der Waals surface area (Å²) < 4.78 is 0.